The highest BCUT2D eigenvalue weighted by molar-refractivity contribution is 6.04. The Labute approximate surface area is 162 Å². The minimum absolute atomic E-state index is 0.102. The number of hydrogen-bond acceptors (Lipinski definition) is 3. The van der Waals surface area contributed by atoms with Gasteiger partial charge in [0.15, 0.2) is 0 Å². The number of anilines is 2. The first-order valence-electron chi connectivity index (χ1n) is 8.99. The van der Waals surface area contributed by atoms with Gasteiger partial charge in [0.25, 0.3) is 5.91 Å². The summed E-state index contributed by atoms with van der Waals surface area (Å²) in [6.07, 6.45) is 0. The van der Waals surface area contributed by atoms with Gasteiger partial charge in [0, 0.05) is 30.0 Å². The molecule has 0 spiro atoms. The molecule has 3 aromatic carbocycles. The zero-order valence-corrected chi connectivity index (χ0v) is 15.1. The van der Waals surface area contributed by atoms with Gasteiger partial charge in [0.2, 0.25) is 0 Å². The van der Waals surface area contributed by atoms with Gasteiger partial charge in [-0.15, -0.1) is 0 Å². The molecule has 6 nitrogen and oxygen atoms in total. The van der Waals surface area contributed by atoms with Crippen LogP contribution in [0.1, 0.15) is 10.4 Å². The summed E-state index contributed by atoms with van der Waals surface area (Å²) in [5.74, 6) is 1.19. The molecule has 0 saturated carbocycles. The van der Waals surface area contributed by atoms with E-state index in [0.29, 0.717) is 30.1 Å². The molecule has 28 heavy (non-hydrogen) atoms. The maximum absolute atomic E-state index is 12.5. The van der Waals surface area contributed by atoms with E-state index in [-0.39, 0.29) is 11.9 Å². The number of nitrogens with zero attached hydrogens (tertiary/aromatic N) is 1. The Kier molecular flexibility index (Phi) is 4.93. The summed E-state index contributed by atoms with van der Waals surface area (Å²) >= 11 is 0. The first kappa shape index (κ1) is 17.6. The highest BCUT2D eigenvalue weighted by Gasteiger charge is 2.20. The molecule has 140 valence electrons. The molecule has 0 aliphatic carbocycles. The van der Waals surface area contributed by atoms with Gasteiger partial charge in [0.1, 0.15) is 11.5 Å². The van der Waals surface area contributed by atoms with Gasteiger partial charge in [0.05, 0.1) is 0 Å². The topological polar surface area (TPSA) is 70.7 Å². The minimum atomic E-state index is -0.210. The predicted octanol–water partition coefficient (Wildman–Crippen LogP) is 4.26. The van der Waals surface area contributed by atoms with Crippen molar-refractivity contribution in [3.63, 3.8) is 0 Å². The van der Waals surface area contributed by atoms with Crippen LogP contribution in [0.3, 0.4) is 0 Å². The van der Waals surface area contributed by atoms with Crippen LogP contribution < -0.4 is 20.3 Å². The third-order valence-electron chi connectivity index (χ3n) is 4.39. The van der Waals surface area contributed by atoms with Crippen LogP contribution in [-0.2, 0) is 0 Å². The third-order valence-corrected chi connectivity index (χ3v) is 4.39. The number of urea groups is 1. The summed E-state index contributed by atoms with van der Waals surface area (Å²) in [7, 11) is 0. The van der Waals surface area contributed by atoms with Gasteiger partial charge in [-0.3, -0.25) is 9.69 Å². The maximum atomic E-state index is 12.5. The maximum Gasteiger partial charge on any atom is 0.321 e. The smallest absolute Gasteiger partial charge is 0.321 e. The number of amides is 3. The molecule has 0 aromatic heterocycles. The summed E-state index contributed by atoms with van der Waals surface area (Å²) in [4.78, 5) is 25.8. The van der Waals surface area contributed by atoms with Crippen LogP contribution in [0.15, 0.2) is 78.9 Å². The lowest BCUT2D eigenvalue weighted by molar-refractivity contribution is 0.102. The number of benzene rings is 3. The van der Waals surface area contributed by atoms with Crippen LogP contribution in [0, 0.1) is 0 Å². The van der Waals surface area contributed by atoms with Gasteiger partial charge in [-0.2, -0.15) is 0 Å². The highest BCUT2D eigenvalue weighted by atomic mass is 16.5. The Balaban J connectivity index is 1.38. The average molecular weight is 373 g/mol. The molecule has 1 saturated heterocycles. The summed E-state index contributed by atoms with van der Waals surface area (Å²) in [6, 6.07) is 23.5. The predicted molar refractivity (Wildman–Crippen MR) is 108 cm³/mol. The van der Waals surface area contributed by atoms with E-state index < -0.39 is 0 Å². The molecule has 6 heteroatoms. The lowest BCUT2D eigenvalue weighted by Crippen LogP contribution is -2.27. The number of rotatable bonds is 5. The van der Waals surface area contributed by atoms with Crippen LogP contribution >= 0.6 is 0 Å². The van der Waals surface area contributed by atoms with Crippen molar-refractivity contribution in [3.8, 4) is 11.5 Å². The van der Waals surface area contributed by atoms with E-state index in [9.17, 15) is 9.59 Å². The van der Waals surface area contributed by atoms with E-state index >= 15 is 0 Å². The second kappa shape index (κ2) is 7.84. The molecule has 3 aromatic rings. The zero-order valence-electron chi connectivity index (χ0n) is 15.1. The normalized spacial score (nSPS) is 13.1. The third kappa shape index (κ3) is 3.96. The van der Waals surface area contributed by atoms with Crippen LogP contribution in [-0.4, -0.2) is 25.0 Å². The summed E-state index contributed by atoms with van der Waals surface area (Å²) in [5, 5.41) is 5.62. The van der Waals surface area contributed by atoms with Crippen LogP contribution in [0.4, 0.5) is 16.2 Å². The summed E-state index contributed by atoms with van der Waals surface area (Å²) in [5.41, 5.74) is 2.00. The largest absolute Gasteiger partial charge is 0.457 e. The fourth-order valence-electron chi connectivity index (χ4n) is 2.94. The Morgan fingerprint density at radius 3 is 2.21 bits per heavy atom. The minimum Gasteiger partial charge on any atom is -0.457 e. The Bertz CT molecular complexity index is 970. The van der Waals surface area contributed by atoms with Crippen LogP contribution in [0.25, 0.3) is 0 Å². The molecule has 3 amide bonds. The fourth-order valence-corrected chi connectivity index (χ4v) is 2.94. The highest BCUT2D eigenvalue weighted by Crippen LogP contribution is 2.22. The SMILES string of the molecule is O=C(Nc1ccc(N2CCNC2=O)cc1)c1ccc(Oc2ccccc2)cc1. The number of carbonyl (C=O) groups is 2. The second-order valence-electron chi connectivity index (χ2n) is 6.32. The molecule has 1 fully saturated rings. The molecule has 1 heterocycles. The molecule has 1 aliphatic heterocycles. The summed E-state index contributed by atoms with van der Waals surface area (Å²) in [6.45, 7) is 1.28. The molecule has 2 N–H and O–H groups in total. The number of carbonyl (C=O) groups excluding carboxylic acids is 2. The average Bonchev–Trinajstić information content (AvgIpc) is 3.16. The van der Waals surface area contributed by atoms with Crippen molar-refractivity contribution in [1.29, 1.82) is 0 Å². The van der Waals surface area contributed by atoms with Crippen molar-refractivity contribution >= 4 is 23.3 Å². The van der Waals surface area contributed by atoms with Gasteiger partial charge in [-0.1, -0.05) is 18.2 Å². The van der Waals surface area contributed by atoms with Gasteiger partial charge in [-0.25, -0.2) is 4.79 Å². The quantitative estimate of drug-likeness (QED) is 0.702. The first-order valence-corrected chi connectivity index (χ1v) is 8.99. The van der Waals surface area contributed by atoms with E-state index in [2.05, 4.69) is 10.6 Å². The Hall–Kier alpha value is -3.80. The van der Waals surface area contributed by atoms with Gasteiger partial charge in [-0.05, 0) is 60.7 Å². The van der Waals surface area contributed by atoms with E-state index in [1.807, 2.05) is 42.5 Å². The molecule has 0 atom stereocenters. The molecule has 0 radical (unpaired) electrons. The van der Waals surface area contributed by atoms with Crippen molar-refractivity contribution in [2.75, 3.05) is 23.3 Å². The lowest BCUT2D eigenvalue weighted by Gasteiger charge is -2.14. The van der Waals surface area contributed by atoms with Crippen molar-refractivity contribution in [2.24, 2.45) is 0 Å². The number of nitrogens with one attached hydrogen (secondary N) is 2. The van der Waals surface area contributed by atoms with Gasteiger partial charge >= 0.3 is 6.03 Å². The van der Waals surface area contributed by atoms with Crippen LogP contribution in [0.2, 0.25) is 0 Å². The monoisotopic (exact) mass is 373 g/mol. The molecule has 0 bridgehead atoms. The lowest BCUT2D eigenvalue weighted by atomic mass is 10.2. The summed E-state index contributed by atoms with van der Waals surface area (Å²) < 4.78 is 5.73. The van der Waals surface area contributed by atoms with E-state index in [4.69, 9.17) is 4.74 Å². The second-order valence-corrected chi connectivity index (χ2v) is 6.32. The number of ether oxygens (including phenoxy) is 1. The molecular formula is C22H19N3O3. The zero-order chi connectivity index (χ0) is 19.3. The van der Waals surface area contributed by atoms with Crippen molar-refractivity contribution in [2.45, 2.75) is 0 Å². The van der Waals surface area contributed by atoms with Crippen molar-refractivity contribution < 1.29 is 14.3 Å². The van der Waals surface area contributed by atoms with Gasteiger partial charge < -0.3 is 15.4 Å². The first-order chi connectivity index (χ1) is 13.7. The van der Waals surface area contributed by atoms with E-state index in [1.165, 1.54) is 0 Å². The molecular weight excluding hydrogens is 354 g/mol. The van der Waals surface area contributed by atoms with E-state index in [1.54, 1.807) is 41.3 Å². The molecule has 4 rings (SSSR count). The molecule has 1 aliphatic rings. The van der Waals surface area contributed by atoms with Crippen molar-refractivity contribution in [3.05, 3.63) is 84.4 Å². The molecule has 0 unspecified atom stereocenters. The fraction of sp³-hybridized carbons (Fsp3) is 0.0909. The Morgan fingerprint density at radius 1 is 0.893 bits per heavy atom. The van der Waals surface area contributed by atoms with Crippen molar-refractivity contribution in [1.82, 2.24) is 5.32 Å². The van der Waals surface area contributed by atoms with E-state index in [0.717, 1.165) is 11.4 Å². The number of hydrogen-bond donors (Lipinski definition) is 2. The number of para-hydroxylation sites is 1. The Morgan fingerprint density at radius 2 is 1.57 bits per heavy atom. The standard InChI is InChI=1S/C22H19N3O3/c26-21(16-6-12-20(13-7-16)28-19-4-2-1-3-5-19)24-17-8-10-18(11-9-17)25-15-14-23-22(25)27/h1-13H,14-15H2,(H,23,27)(H,24,26). The van der Waals surface area contributed by atoms with Crippen LogP contribution in [0.5, 0.6) is 11.5 Å².